The molecule has 0 aromatic rings. The largest absolute Gasteiger partial charge is 0.450 e. The average Bonchev–Trinajstić information content (AvgIpc) is 2.36. The molecule has 12 heavy (non-hydrogen) atoms. The first-order chi connectivity index (χ1) is 5.72. The van der Waals surface area contributed by atoms with E-state index >= 15 is 0 Å². The molecule has 1 heterocycles. The van der Waals surface area contributed by atoms with Crippen LogP contribution in [0.1, 0.15) is 19.8 Å². The molecule has 1 aliphatic rings. The van der Waals surface area contributed by atoms with Gasteiger partial charge in [-0.15, -0.1) is 0 Å². The molecule has 1 aliphatic heterocycles. The maximum absolute atomic E-state index is 10.8. The summed E-state index contributed by atoms with van der Waals surface area (Å²) in [6.07, 6.45) is -0.164. The molecule has 0 bridgehead atoms. The number of hydrogen-bond acceptors (Lipinski definition) is 4. The molecule has 5 nitrogen and oxygen atoms in total. The van der Waals surface area contributed by atoms with E-state index in [0.29, 0.717) is 19.4 Å². The van der Waals surface area contributed by atoms with Crippen LogP contribution in [-0.4, -0.2) is 24.9 Å². The van der Waals surface area contributed by atoms with Gasteiger partial charge in [-0.1, -0.05) is 0 Å². The molecule has 0 saturated carbocycles. The van der Waals surface area contributed by atoms with Gasteiger partial charge in [-0.2, -0.15) is 0 Å². The lowest BCUT2D eigenvalue weighted by atomic mass is 10.3. The highest BCUT2D eigenvalue weighted by Crippen LogP contribution is 2.10. The monoisotopic (exact) mass is 173 g/mol. The van der Waals surface area contributed by atoms with Crippen LogP contribution in [0.4, 0.5) is 4.79 Å². The summed E-state index contributed by atoms with van der Waals surface area (Å²) in [5.41, 5.74) is 0. The average molecular weight is 173 g/mol. The molecule has 1 rings (SSSR count). The number of carbonyl (C=O) groups excluding carboxylic acids is 2. The van der Waals surface area contributed by atoms with Crippen LogP contribution in [0.15, 0.2) is 0 Å². The Kier molecular flexibility index (Phi) is 2.90. The maximum Gasteiger partial charge on any atom is 0.409 e. The summed E-state index contributed by atoms with van der Waals surface area (Å²) in [6, 6.07) is 0. The van der Waals surface area contributed by atoms with Crippen molar-refractivity contribution >= 4 is 12.1 Å². The highest BCUT2D eigenvalue weighted by atomic mass is 16.6. The van der Waals surface area contributed by atoms with Crippen molar-refractivity contribution < 1.29 is 19.1 Å². The summed E-state index contributed by atoms with van der Waals surface area (Å²) < 4.78 is 9.33. The first-order valence-electron chi connectivity index (χ1n) is 3.85. The highest BCUT2D eigenvalue weighted by Gasteiger charge is 2.24. The molecule has 0 aromatic carbocycles. The number of nitrogens with one attached hydrogen (secondary N) is 1. The van der Waals surface area contributed by atoms with Gasteiger partial charge in [-0.25, -0.2) is 4.79 Å². The molecule has 0 spiro atoms. The Hall–Kier alpha value is -1.26. The van der Waals surface area contributed by atoms with Crippen LogP contribution < -0.4 is 5.32 Å². The molecule has 5 heteroatoms. The van der Waals surface area contributed by atoms with Gasteiger partial charge >= 0.3 is 12.1 Å². The Morgan fingerprint density at radius 3 is 3.08 bits per heavy atom. The molecule has 1 unspecified atom stereocenters. The molecule has 0 radical (unpaired) electrons. The van der Waals surface area contributed by atoms with Gasteiger partial charge in [0.2, 0.25) is 0 Å². The fourth-order valence-corrected chi connectivity index (χ4v) is 0.931. The number of cyclic esters (lactones) is 1. The summed E-state index contributed by atoms with van der Waals surface area (Å²) >= 11 is 0. The van der Waals surface area contributed by atoms with Gasteiger partial charge < -0.3 is 9.47 Å². The minimum Gasteiger partial charge on any atom is -0.450 e. The number of hydrogen-bond donors (Lipinski definition) is 1. The lowest BCUT2D eigenvalue weighted by Crippen LogP contribution is -2.34. The Morgan fingerprint density at radius 2 is 2.58 bits per heavy atom. The van der Waals surface area contributed by atoms with Crippen molar-refractivity contribution in [3.63, 3.8) is 0 Å². The van der Waals surface area contributed by atoms with E-state index in [-0.39, 0.29) is 5.97 Å². The van der Waals surface area contributed by atoms with Crippen molar-refractivity contribution in [2.24, 2.45) is 0 Å². The summed E-state index contributed by atoms with van der Waals surface area (Å²) in [4.78, 5) is 21.4. The predicted molar refractivity (Wildman–Crippen MR) is 39.3 cm³/mol. The number of esters is 1. The van der Waals surface area contributed by atoms with E-state index in [1.807, 2.05) is 0 Å². The summed E-state index contributed by atoms with van der Waals surface area (Å²) in [5, 5.41) is 2.41. The van der Waals surface area contributed by atoms with E-state index in [9.17, 15) is 9.59 Å². The van der Waals surface area contributed by atoms with Gasteiger partial charge in [0.05, 0.1) is 13.0 Å². The van der Waals surface area contributed by atoms with Crippen molar-refractivity contribution in [1.29, 1.82) is 0 Å². The van der Waals surface area contributed by atoms with E-state index in [0.717, 1.165) is 0 Å². The first-order valence-corrected chi connectivity index (χ1v) is 3.85. The van der Waals surface area contributed by atoms with Crippen LogP contribution in [0, 0.1) is 0 Å². The molecule has 1 atom stereocenters. The smallest absolute Gasteiger partial charge is 0.409 e. The van der Waals surface area contributed by atoms with Crippen molar-refractivity contribution in [3.8, 4) is 0 Å². The van der Waals surface area contributed by atoms with Crippen LogP contribution in [-0.2, 0) is 14.3 Å². The number of amides is 1. The van der Waals surface area contributed by atoms with E-state index < -0.39 is 12.3 Å². The fourth-order valence-electron chi connectivity index (χ4n) is 0.931. The molecule has 0 aliphatic carbocycles. The van der Waals surface area contributed by atoms with Gasteiger partial charge in [-0.3, -0.25) is 10.1 Å². The quantitative estimate of drug-likeness (QED) is 0.614. The van der Waals surface area contributed by atoms with Crippen LogP contribution >= 0.6 is 0 Å². The number of alkyl carbamates (subject to hydrolysis) is 1. The van der Waals surface area contributed by atoms with Crippen LogP contribution in [0.25, 0.3) is 0 Å². The second-order valence-electron chi connectivity index (χ2n) is 2.38. The number of carbonyl (C=O) groups is 2. The SMILES string of the molecule is CCOC(=O)NC1CCC(=O)O1. The van der Waals surface area contributed by atoms with E-state index in [1.54, 1.807) is 6.92 Å². The van der Waals surface area contributed by atoms with Gasteiger partial charge in [0.15, 0.2) is 6.23 Å². The van der Waals surface area contributed by atoms with Gasteiger partial charge in [0, 0.05) is 6.42 Å². The Balaban J connectivity index is 2.23. The van der Waals surface area contributed by atoms with Gasteiger partial charge in [-0.05, 0) is 6.92 Å². The molecular weight excluding hydrogens is 162 g/mol. The van der Waals surface area contributed by atoms with E-state index in [2.05, 4.69) is 10.1 Å². The third kappa shape index (κ3) is 2.41. The molecule has 68 valence electrons. The first kappa shape index (κ1) is 8.83. The van der Waals surface area contributed by atoms with Crippen molar-refractivity contribution in [2.75, 3.05) is 6.61 Å². The van der Waals surface area contributed by atoms with E-state index in [4.69, 9.17) is 4.74 Å². The van der Waals surface area contributed by atoms with E-state index in [1.165, 1.54) is 0 Å². The zero-order chi connectivity index (χ0) is 8.97. The van der Waals surface area contributed by atoms with Crippen molar-refractivity contribution in [1.82, 2.24) is 5.32 Å². The Labute approximate surface area is 70.0 Å². The molecule has 1 amide bonds. The standard InChI is InChI=1S/C7H11NO4/c1-2-11-7(10)8-5-3-4-6(9)12-5/h5H,2-4H2,1H3,(H,8,10). The topological polar surface area (TPSA) is 64.6 Å². The lowest BCUT2D eigenvalue weighted by Gasteiger charge is -2.10. The normalized spacial score (nSPS) is 21.8. The lowest BCUT2D eigenvalue weighted by molar-refractivity contribution is -0.142. The van der Waals surface area contributed by atoms with Gasteiger partial charge in [0.1, 0.15) is 0 Å². The third-order valence-electron chi connectivity index (χ3n) is 1.44. The maximum atomic E-state index is 10.8. The summed E-state index contributed by atoms with van der Waals surface area (Å²) in [7, 11) is 0. The Morgan fingerprint density at radius 1 is 1.83 bits per heavy atom. The molecule has 0 aromatic heterocycles. The molecule has 1 fully saturated rings. The van der Waals surface area contributed by atoms with Crippen LogP contribution in [0.2, 0.25) is 0 Å². The fraction of sp³-hybridized carbons (Fsp3) is 0.714. The second kappa shape index (κ2) is 3.94. The zero-order valence-corrected chi connectivity index (χ0v) is 6.83. The highest BCUT2D eigenvalue weighted by molar-refractivity contribution is 5.73. The van der Waals surface area contributed by atoms with Gasteiger partial charge in [0.25, 0.3) is 0 Å². The molecule has 1 saturated heterocycles. The van der Waals surface area contributed by atoms with Crippen LogP contribution in [0.5, 0.6) is 0 Å². The van der Waals surface area contributed by atoms with Crippen molar-refractivity contribution in [2.45, 2.75) is 26.0 Å². The zero-order valence-electron chi connectivity index (χ0n) is 6.83. The number of ether oxygens (including phenoxy) is 2. The summed E-state index contributed by atoms with van der Waals surface area (Å²) in [6.45, 7) is 2.02. The predicted octanol–water partition coefficient (Wildman–Crippen LogP) is 0.396. The van der Waals surface area contributed by atoms with Crippen molar-refractivity contribution in [3.05, 3.63) is 0 Å². The number of rotatable bonds is 2. The third-order valence-corrected chi connectivity index (χ3v) is 1.44. The Bertz CT molecular complexity index is 192. The second-order valence-corrected chi connectivity index (χ2v) is 2.38. The van der Waals surface area contributed by atoms with Crippen LogP contribution in [0.3, 0.4) is 0 Å². The summed E-state index contributed by atoms with van der Waals surface area (Å²) in [5.74, 6) is -0.281. The minimum atomic E-state index is -0.544. The minimum absolute atomic E-state index is 0.281. The molecule has 1 N–H and O–H groups in total. The molecular formula is C7H11NO4.